The second kappa shape index (κ2) is 8.31. The molecule has 0 radical (unpaired) electrons. The van der Waals surface area contributed by atoms with Crippen LogP contribution in [0.15, 0.2) is 59.9 Å². The number of nitrogens with zero attached hydrogens (tertiary/aromatic N) is 1. The zero-order valence-electron chi connectivity index (χ0n) is 16.7. The summed E-state index contributed by atoms with van der Waals surface area (Å²) < 4.78 is 0. The molecule has 2 amide bonds. The van der Waals surface area contributed by atoms with Crippen LogP contribution in [0.2, 0.25) is 0 Å². The van der Waals surface area contributed by atoms with Crippen molar-refractivity contribution in [2.45, 2.75) is 26.3 Å². The number of carbonyl (C=O) groups excluding carboxylic acids is 3. The number of aliphatic hydroxyl groups is 1. The Morgan fingerprint density at radius 2 is 1.83 bits per heavy atom. The first-order valence-corrected chi connectivity index (χ1v) is 9.43. The summed E-state index contributed by atoms with van der Waals surface area (Å²) in [5.74, 6) is -1.36. The number of benzene rings is 2. The molecular weight excluding hydrogens is 368 g/mol. The van der Waals surface area contributed by atoms with Crippen LogP contribution in [0.25, 0.3) is 11.1 Å². The molecule has 2 aromatic carbocycles. The van der Waals surface area contributed by atoms with Gasteiger partial charge in [0.25, 0.3) is 11.8 Å². The number of rotatable bonds is 6. The van der Waals surface area contributed by atoms with Gasteiger partial charge in [0.1, 0.15) is 5.78 Å². The molecule has 2 N–H and O–H groups in total. The van der Waals surface area contributed by atoms with Gasteiger partial charge in [0.05, 0.1) is 18.2 Å². The number of amides is 2. The van der Waals surface area contributed by atoms with E-state index in [1.807, 2.05) is 55.5 Å². The fourth-order valence-electron chi connectivity index (χ4n) is 3.33. The third kappa shape index (κ3) is 4.54. The molecule has 6 heteroatoms. The second-order valence-electron chi connectivity index (χ2n) is 7.38. The largest absolute Gasteiger partial charge is 0.503 e. The topological polar surface area (TPSA) is 86.7 Å². The van der Waals surface area contributed by atoms with Crippen LogP contribution in [0.1, 0.15) is 31.0 Å². The molecule has 150 valence electrons. The molecule has 1 heterocycles. The highest BCUT2D eigenvalue weighted by Crippen LogP contribution is 2.24. The summed E-state index contributed by atoms with van der Waals surface area (Å²) in [5.41, 5.74) is 3.97. The molecule has 0 fully saturated rings. The van der Waals surface area contributed by atoms with Gasteiger partial charge in [-0.25, -0.2) is 0 Å². The second-order valence-corrected chi connectivity index (χ2v) is 7.38. The smallest absolute Gasteiger partial charge is 0.289 e. The van der Waals surface area contributed by atoms with Crippen molar-refractivity contribution in [3.8, 4) is 11.1 Å². The van der Waals surface area contributed by atoms with Crippen LogP contribution < -0.4 is 5.32 Å². The van der Waals surface area contributed by atoms with E-state index in [1.165, 1.54) is 11.9 Å². The summed E-state index contributed by atoms with van der Waals surface area (Å²) >= 11 is 0. The van der Waals surface area contributed by atoms with Crippen LogP contribution in [0.3, 0.4) is 0 Å². The molecule has 1 aliphatic heterocycles. The number of likely N-dealkylation sites (N-methyl/N-ethyl adjacent to an activating group) is 1. The van der Waals surface area contributed by atoms with Crippen LogP contribution in [-0.2, 0) is 20.8 Å². The van der Waals surface area contributed by atoms with E-state index in [4.69, 9.17) is 0 Å². The van der Waals surface area contributed by atoms with E-state index in [-0.39, 0.29) is 23.9 Å². The van der Waals surface area contributed by atoms with Crippen LogP contribution >= 0.6 is 0 Å². The van der Waals surface area contributed by atoms with Crippen molar-refractivity contribution in [3.63, 3.8) is 0 Å². The highest BCUT2D eigenvalue weighted by molar-refractivity contribution is 6.06. The number of nitrogens with one attached hydrogen (secondary N) is 1. The van der Waals surface area contributed by atoms with Gasteiger partial charge in [-0.3, -0.25) is 14.4 Å². The monoisotopic (exact) mass is 392 g/mol. The zero-order chi connectivity index (χ0) is 21.1. The first-order valence-electron chi connectivity index (χ1n) is 9.43. The van der Waals surface area contributed by atoms with Crippen LogP contribution in [-0.4, -0.2) is 41.2 Å². The molecule has 2 aromatic rings. The fourth-order valence-corrected chi connectivity index (χ4v) is 3.33. The minimum atomic E-state index is -0.543. The molecule has 0 saturated heterocycles. The molecule has 6 nitrogen and oxygen atoms in total. The van der Waals surface area contributed by atoms with Crippen molar-refractivity contribution in [2.75, 3.05) is 13.6 Å². The third-order valence-electron chi connectivity index (χ3n) is 4.98. The predicted molar refractivity (Wildman–Crippen MR) is 110 cm³/mol. The maximum absolute atomic E-state index is 12.5. The molecule has 29 heavy (non-hydrogen) atoms. The summed E-state index contributed by atoms with van der Waals surface area (Å²) in [6, 6.07) is 15.3. The van der Waals surface area contributed by atoms with E-state index in [9.17, 15) is 19.5 Å². The number of ketones is 1. The Kier molecular flexibility index (Phi) is 5.82. The summed E-state index contributed by atoms with van der Waals surface area (Å²) in [4.78, 5) is 36.7. The minimum absolute atomic E-state index is 0.0848. The van der Waals surface area contributed by atoms with E-state index in [2.05, 4.69) is 5.32 Å². The van der Waals surface area contributed by atoms with Gasteiger partial charge >= 0.3 is 0 Å². The average Bonchev–Trinajstić information content (AvgIpc) is 2.95. The molecule has 0 unspecified atom stereocenters. The van der Waals surface area contributed by atoms with Gasteiger partial charge in [0.15, 0.2) is 5.76 Å². The highest BCUT2D eigenvalue weighted by atomic mass is 16.3. The Labute approximate surface area is 169 Å². The third-order valence-corrected chi connectivity index (χ3v) is 4.98. The molecule has 0 spiro atoms. The van der Waals surface area contributed by atoms with E-state index in [0.29, 0.717) is 6.42 Å². The maximum Gasteiger partial charge on any atom is 0.289 e. The van der Waals surface area contributed by atoms with E-state index in [0.717, 1.165) is 22.3 Å². The molecular formula is C23H24N2O4. The van der Waals surface area contributed by atoms with Crippen LogP contribution in [0, 0.1) is 0 Å². The zero-order valence-corrected chi connectivity index (χ0v) is 16.7. The number of Topliss-reactive ketones (excluding diaryl/α,β-unsaturated/α-hetero) is 1. The lowest BCUT2D eigenvalue weighted by atomic mass is 9.98. The van der Waals surface area contributed by atoms with Crippen LogP contribution in [0.4, 0.5) is 0 Å². The summed E-state index contributed by atoms with van der Waals surface area (Å²) in [7, 11) is 1.54. The molecule has 0 aliphatic carbocycles. The Morgan fingerprint density at radius 3 is 2.41 bits per heavy atom. The van der Waals surface area contributed by atoms with Crippen molar-refractivity contribution >= 4 is 17.6 Å². The lowest BCUT2D eigenvalue weighted by Gasteiger charge is -2.16. The predicted octanol–water partition coefficient (Wildman–Crippen LogP) is 2.95. The Bertz CT molecular complexity index is 992. The summed E-state index contributed by atoms with van der Waals surface area (Å²) in [5, 5.41) is 12.7. The quantitative estimate of drug-likeness (QED) is 0.791. The maximum atomic E-state index is 12.5. The SMILES string of the molecule is CC(=O)Cc1ccc(-c2cccc([C@@H](C)NC(=O)C3=C(O)C(=O)N(C)C3)c2)cc1. The summed E-state index contributed by atoms with van der Waals surface area (Å²) in [6.07, 6.45) is 0.420. The van der Waals surface area contributed by atoms with Gasteiger partial charge in [-0.15, -0.1) is 0 Å². The Morgan fingerprint density at radius 1 is 1.14 bits per heavy atom. The standard InChI is InChI=1S/C23H24N2O4/c1-14(26)11-16-7-9-17(10-8-16)19-6-4-5-18(12-19)15(2)24-22(28)20-13-25(3)23(29)21(20)27/h4-10,12,15,27H,11,13H2,1-3H3,(H,24,28)/t15-/m1/s1. The lowest BCUT2D eigenvalue weighted by molar-refractivity contribution is -0.126. The molecule has 0 aromatic heterocycles. The molecule has 3 rings (SSSR count). The van der Waals surface area contributed by atoms with E-state index in [1.54, 1.807) is 6.92 Å². The van der Waals surface area contributed by atoms with Gasteiger partial charge in [-0.1, -0.05) is 42.5 Å². The number of hydrogen-bond donors (Lipinski definition) is 2. The number of aliphatic hydroxyl groups excluding tert-OH is 1. The highest BCUT2D eigenvalue weighted by Gasteiger charge is 2.32. The average molecular weight is 392 g/mol. The first kappa shape index (κ1) is 20.3. The molecule has 1 atom stereocenters. The van der Waals surface area contributed by atoms with Gasteiger partial charge in [0.2, 0.25) is 0 Å². The molecule has 1 aliphatic rings. The number of hydrogen-bond acceptors (Lipinski definition) is 4. The Hall–Kier alpha value is -3.41. The van der Waals surface area contributed by atoms with Crippen molar-refractivity contribution in [3.05, 3.63) is 71.0 Å². The van der Waals surface area contributed by atoms with Gasteiger partial charge in [-0.05, 0) is 42.2 Å². The molecule has 0 bridgehead atoms. The first-order chi connectivity index (χ1) is 13.8. The molecule has 0 saturated carbocycles. The van der Waals surface area contributed by atoms with Crippen molar-refractivity contribution in [1.29, 1.82) is 0 Å². The van der Waals surface area contributed by atoms with Crippen molar-refractivity contribution in [1.82, 2.24) is 10.2 Å². The van der Waals surface area contributed by atoms with E-state index < -0.39 is 17.6 Å². The lowest BCUT2D eigenvalue weighted by Crippen LogP contribution is -2.30. The van der Waals surface area contributed by atoms with Crippen molar-refractivity contribution in [2.24, 2.45) is 0 Å². The number of carbonyl (C=O) groups is 3. The van der Waals surface area contributed by atoms with Gasteiger partial charge < -0.3 is 15.3 Å². The minimum Gasteiger partial charge on any atom is -0.503 e. The van der Waals surface area contributed by atoms with E-state index >= 15 is 0 Å². The Balaban J connectivity index is 1.74. The van der Waals surface area contributed by atoms with Crippen molar-refractivity contribution < 1.29 is 19.5 Å². The van der Waals surface area contributed by atoms with Crippen LogP contribution in [0.5, 0.6) is 0 Å². The van der Waals surface area contributed by atoms with Gasteiger partial charge in [0, 0.05) is 13.5 Å². The van der Waals surface area contributed by atoms with Gasteiger partial charge in [-0.2, -0.15) is 0 Å². The summed E-state index contributed by atoms with van der Waals surface area (Å²) in [6.45, 7) is 3.52. The normalized spacial score (nSPS) is 14.9. The fraction of sp³-hybridized carbons (Fsp3) is 0.261.